The molecule has 0 bridgehead atoms. The molecule has 0 aromatic heterocycles. The van der Waals surface area contributed by atoms with Gasteiger partial charge in [0.25, 0.3) is 0 Å². The highest BCUT2D eigenvalue weighted by Gasteiger charge is 2.26. The normalized spacial score (nSPS) is 11.4. The van der Waals surface area contributed by atoms with Crippen molar-refractivity contribution in [2.45, 2.75) is 11.4 Å². The molecule has 2 aromatic rings. The maximum absolute atomic E-state index is 12.9. The highest BCUT2D eigenvalue weighted by Crippen LogP contribution is 2.28. The molecule has 0 aliphatic carbocycles. The van der Waals surface area contributed by atoms with E-state index in [9.17, 15) is 13.2 Å². The summed E-state index contributed by atoms with van der Waals surface area (Å²) in [5.74, 6) is -0.509. The molecule has 8 heteroatoms. The van der Waals surface area contributed by atoms with Gasteiger partial charge in [-0.05, 0) is 35.9 Å². The van der Waals surface area contributed by atoms with Crippen molar-refractivity contribution >= 4 is 16.0 Å². The summed E-state index contributed by atoms with van der Waals surface area (Å²) < 4.78 is 37.1. The Balaban J connectivity index is 2.39. The molecule has 0 atom stereocenters. The van der Waals surface area contributed by atoms with Crippen LogP contribution in [-0.2, 0) is 16.6 Å². The van der Waals surface area contributed by atoms with E-state index < -0.39 is 16.0 Å². The largest absolute Gasteiger partial charge is 0.497 e. The molecule has 1 N–H and O–H groups in total. The highest BCUT2D eigenvalue weighted by atomic mass is 32.2. The fourth-order valence-corrected chi connectivity index (χ4v) is 3.63. The lowest BCUT2D eigenvalue weighted by Crippen LogP contribution is -2.27. The van der Waals surface area contributed by atoms with Crippen LogP contribution >= 0.6 is 0 Å². The number of rotatable bonds is 7. The zero-order chi connectivity index (χ0) is 18.6. The Bertz CT molecular complexity index is 878. The fraction of sp³-hybridized carbons (Fsp3) is 0.235. The summed E-state index contributed by atoms with van der Waals surface area (Å²) in [6, 6.07) is 10.8. The second-order valence-corrected chi connectivity index (χ2v) is 7.30. The Morgan fingerprint density at radius 3 is 2.44 bits per heavy atom. The van der Waals surface area contributed by atoms with Crippen molar-refractivity contribution in [1.82, 2.24) is 4.31 Å². The van der Waals surface area contributed by atoms with Crippen LogP contribution in [0, 0.1) is 0 Å². The van der Waals surface area contributed by atoms with Crippen LogP contribution in [0.25, 0.3) is 0 Å². The molecule has 0 spiro atoms. The number of ether oxygens (including phenoxy) is 2. The van der Waals surface area contributed by atoms with Gasteiger partial charge in [0.2, 0.25) is 10.0 Å². The number of nitrogens with zero attached hydrogens (tertiary/aromatic N) is 1. The molecule has 0 saturated heterocycles. The third kappa shape index (κ3) is 4.09. The Morgan fingerprint density at radius 1 is 1.12 bits per heavy atom. The van der Waals surface area contributed by atoms with Crippen LogP contribution in [0.5, 0.6) is 11.5 Å². The van der Waals surface area contributed by atoms with Crippen LogP contribution in [0.3, 0.4) is 0 Å². The lowest BCUT2D eigenvalue weighted by Gasteiger charge is -2.19. The van der Waals surface area contributed by atoms with Gasteiger partial charge in [-0.25, -0.2) is 13.2 Å². The molecule has 0 saturated carbocycles. The van der Waals surface area contributed by atoms with Crippen molar-refractivity contribution < 1.29 is 27.8 Å². The van der Waals surface area contributed by atoms with Gasteiger partial charge < -0.3 is 14.6 Å². The van der Waals surface area contributed by atoms with Crippen molar-refractivity contribution in [2.24, 2.45) is 0 Å². The average Bonchev–Trinajstić information content (AvgIpc) is 2.61. The summed E-state index contributed by atoms with van der Waals surface area (Å²) in [7, 11) is 0.327. The SMILES string of the molecule is COc1cccc(CN(C)S(=O)(=O)c2cc(C(=O)O)ccc2OC)c1. The Morgan fingerprint density at radius 2 is 1.84 bits per heavy atom. The zero-order valence-corrected chi connectivity index (χ0v) is 14.9. The van der Waals surface area contributed by atoms with E-state index in [1.807, 2.05) is 0 Å². The van der Waals surface area contributed by atoms with Gasteiger partial charge in [-0.1, -0.05) is 12.1 Å². The molecule has 0 fully saturated rings. The molecule has 7 nitrogen and oxygen atoms in total. The Kier molecular flexibility index (Phi) is 5.66. The van der Waals surface area contributed by atoms with Gasteiger partial charge in [-0.2, -0.15) is 4.31 Å². The molecule has 25 heavy (non-hydrogen) atoms. The predicted octanol–water partition coefficient (Wildman–Crippen LogP) is 2.22. The number of hydrogen-bond donors (Lipinski definition) is 1. The molecule has 0 amide bonds. The lowest BCUT2D eigenvalue weighted by atomic mass is 10.2. The average molecular weight is 365 g/mol. The van der Waals surface area contributed by atoms with Crippen LogP contribution in [-0.4, -0.2) is 45.1 Å². The molecular weight excluding hydrogens is 346 g/mol. The van der Waals surface area contributed by atoms with Gasteiger partial charge in [0.05, 0.1) is 19.8 Å². The van der Waals surface area contributed by atoms with Gasteiger partial charge >= 0.3 is 5.97 Å². The Labute approximate surface area is 146 Å². The van der Waals surface area contributed by atoms with E-state index >= 15 is 0 Å². The third-order valence-electron chi connectivity index (χ3n) is 3.64. The predicted molar refractivity (Wildman–Crippen MR) is 91.6 cm³/mol. The van der Waals surface area contributed by atoms with Gasteiger partial charge in [-0.3, -0.25) is 0 Å². The van der Waals surface area contributed by atoms with E-state index in [-0.39, 0.29) is 22.8 Å². The van der Waals surface area contributed by atoms with Crippen LogP contribution in [0.4, 0.5) is 0 Å². The number of sulfonamides is 1. The third-order valence-corrected chi connectivity index (χ3v) is 5.46. The standard InChI is InChI=1S/C17H19NO6S/c1-18(11-12-5-4-6-14(9-12)23-2)25(21,22)16-10-13(17(19)20)7-8-15(16)24-3/h4-10H,11H2,1-3H3,(H,19,20). The second kappa shape index (κ2) is 7.54. The quantitative estimate of drug-likeness (QED) is 0.809. The minimum Gasteiger partial charge on any atom is -0.497 e. The first-order valence-electron chi connectivity index (χ1n) is 7.30. The second-order valence-electron chi connectivity index (χ2n) is 5.28. The molecule has 2 rings (SSSR count). The number of hydrogen-bond acceptors (Lipinski definition) is 5. The number of benzene rings is 2. The molecule has 0 unspecified atom stereocenters. The van der Waals surface area contributed by atoms with Crippen LogP contribution in [0.2, 0.25) is 0 Å². The summed E-state index contributed by atoms with van der Waals surface area (Å²) in [5, 5.41) is 9.11. The summed E-state index contributed by atoms with van der Waals surface area (Å²) in [6.45, 7) is 0.0972. The number of aromatic carboxylic acids is 1. The minimum atomic E-state index is -3.95. The summed E-state index contributed by atoms with van der Waals surface area (Å²) >= 11 is 0. The highest BCUT2D eigenvalue weighted by molar-refractivity contribution is 7.89. The van der Waals surface area contributed by atoms with Gasteiger partial charge in [0, 0.05) is 13.6 Å². The first-order chi connectivity index (χ1) is 11.8. The van der Waals surface area contributed by atoms with Gasteiger partial charge in [0.15, 0.2) is 0 Å². The van der Waals surface area contributed by atoms with Crippen molar-refractivity contribution in [2.75, 3.05) is 21.3 Å². The Hall–Kier alpha value is -2.58. The maximum atomic E-state index is 12.9. The number of carboxylic acids is 1. The van der Waals surface area contributed by atoms with E-state index in [1.165, 1.54) is 33.4 Å². The number of methoxy groups -OCH3 is 2. The van der Waals surface area contributed by atoms with E-state index in [2.05, 4.69) is 0 Å². The smallest absolute Gasteiger partial charge is 0.335 e. The van der Waals surface area contributed by atoms with Crippen molar-refractivity contribution in [3.05, 3.63) is 53.6 Å². The molecule has 2 aromatic carbocycles. The minimum absolute atomic E-state index is 0.0856. The fourth-order valence-electron chi connectivity index (χ4n) is 2.29. The van der Waals surface area contributed by atoms with Crippen molar-refractivity contribution in [1.29, 1.82) is 0 Å². The van der Waals surface area contributed by atoms with E-state index in [0.717, 1.165) is 15.9 Å². The molecule has 0 aliphatic rings. The lowest BCUT2D eigenvalue weighted by molar-refractivity contribution is 0.0696. The van der Waals surface area contributed by atoms with E-state index in [0.29, 0.717) is 5.75 Å². The van der Waals surface area contributed by atoms with Crippen LogP contribution < -0.4 is 9.47 Å². The van der Waals surface area contributed by atoms with Crippen LogP contribution in [0.15, 0.2) is 47.4 Å². The maximum Gasteiger partial charge on any atom is 0.335 e. The summed E-state index contributed by atoms with van der Waals surface area (Å²) in [4.78, 5) is 11.0. The van der Waals surface area contributed by atoms with Crippen molar-refractivity contribution in [3.63, 3.8) is 0 Å². The molecule has 0 aliphatic heterocycles. The first-order valence-corrected chi connectivity index (χ1v) is 8.74. The van der Waals surface area contributed by atoms with E-state index in [1.54, 1.807) is 24.3 Å². The molecule has 134 valence electrons. The zero-order valence-electron chi connectivity index (χ0n) is 14.1. The monoisotopic (exact) mass is 365 g/mol. The number of carbonyl (C=O) groups is 1. The molecule has 0 heterocycles. The molecular formula is C17H19NO6S. The first kappa shape index (κ1) is 18.8. The summed E-state index contributed by atoms with van der Waals surface area (Å²) in [6.07, 6.45) is 0. The number of carboxylic acid groups (broad SMARTS) is 1. The van der Waals surface area contributed by atoms with Gasteiger partial charge in [-0.15, -0.1) is 0 Å². The summed E-state index contributed by atoms with van der Waals surface area (Å²) in [5.41, 5.74) is 0.605. The van der Waals surface area contributed by atoms with Gasteiger partial charge in [0.1, 0.15) is 16.4 Å². The van der Waals surface area contributed by atoms with E-state index in [4.69, 9.17) is 14.6 Å². The van der Waals surface area contributed by atoms with Crippen molar-refractivity contribution in [3.8, 4) is 11.5 Å². The van der Waals surface area contributed by atoms with Crippen LogP contribution in [0.1, 0.15) is 15.9 Å². The topological polar surface area (TPSA) is 93.1 Å². The molecule has 0 radical (unpaired) electrons.